The second-order valence-corrected chi connectivity index (χ2v) is 6.03. The van der Waals surface area contributed by atoms with E-state index in [4.69, 9.17) is 0 Å². The molecule has 1 aliphatic rings. The number of piperazine rings is 1. The molecule has 1 heterocycles. The van der Waals surface area contributed by atoms with Gasteiger partial charge in [-0.15, -0.1) is 0 Å². The molecule has 3 heteroatoms. The van der Waals surface area contributed by atoms with Crippen LogP contribution >= 0.6 is 0 Å². The lowest BCUT2D eigenvalue weighted by Crippen LogP contribution is -2.47. The summed E-state index contributed by atoms with van der Waals surface area (Å²) in [6, 6.07) is 11.3. The number of hydrogen-bond acceptors (Lipinski definition) is 3. The molecule has 0 aliphatic carbocycles. The molecule has 112 valence electrons. The van der Waals surface area contributed by atoms with E-state index in [9.17, 15) is 0 Å². The first-order valence-corrected chi connectivity index (χ1v) is 7.90. The molecule has 1 aromatic rings. The van der Waals surface area contributed by atoms with Crippen LogP contribution in [0, 0.1) is 5.92 Å². The molecule has 0 saturated carbocycles. The standard InChI is InChI=1S/C17H29N3/c1-4-18-17(16-8-6-5-7-9-16)15(2)14-20-12-10-19(3)11-13-20/h5-9,15,17-18H,4,10-14H2,1-3H3. The monoisotopic (exact) mass is 275 g/mol. The molecular formula is C17H29N3. The van der Waals surface area contributed by atoms with E-state index in [1.54, 1.807) is 0 Å². The maximum absolute atomic E-state index is 3.66. The zero-order chi connectivity index (χ0) is 14.4. The highest BCUT2D eigenvalue weighted by Gasteiger charge is 2.22. The van der Waals surface area contributed by atoms with E-state index < -0.39 is 0 Å². The normalized spacial score (nSPS) is 20.8. The van der Waals surface area contributed by atoms with E-state index in [2.05, 4.69) is 66.3 Å². The molecule has 0 spiro atoms. The molecule has 1 saturated heterocycles. The van der Waals surface area contributed by atoms with E-state index in [-0.39, 0.29) is 0 Å². The van der Waals surface area contributed by atoms with E-state index >= 15 is 0 Å². The molecule has 2 atom stereocenters. The number of hydrogen-bond donors (Lipinski definition) is 1. The van der Waals surface area contributed by atoms with Crippen LogP contribution in [0.25, 0.3) is 0 Å². The first-order valence-electron chi connectivity index (χ1n) is 7.90. The van der Waals surface area contributed by atoms with Crippen molar-refractivity contribution in [2.45, 2.75) is 19.9 Å². The number of benzene rings is 1. The van der Waals surface area contributed by atoms with Crippen LogP contribution in [0.2, 0.25) is 0 Å². The maximum Gasteiger partial charge on any atom is 0.0358 e. The molecule has 2 unspecified atom stereocenters. The third kappa shape index (κ3) is 4.30. The third-order valence-corrected chi connectivity index (χ3v) is 4.29. The van der Waals surface area contributed by atoms with Gasteiger partial charge in [-0.1, -0.05) is 44.2 Å². The van der Waals surface area contributed by atoms with Gasteiger partial charge in [-0.2, -0.15) is 0 Å². The third-order valence-electron chi connectivity index (χ3n) is 4.29. The predicted octanol–water partition coefficient (Wildman–Crippen LogP) is 2.22. The van der Waals surface area contributed by atoms with Crippen molar-refractivity contribution < 1.29 is 0 Å². The van der Waals surface area contributed by atoms with Gasteiger partial charge >= 0.3 is 0 Å². The lowest BCUT2D eigenvalue weighted by Gasteiger charge is -2.36. The molecule has 0 radical (unpaired) electrons. The van der Waals surface area contributed by atoms with Crippen LogP contribution in [-0.4, -0.2) is 56.1 Å². The van der Waals surface area contributed by atoms with Crippen LogP contribution < -0.4 is 5.32 Å². The van der Waals surface area contributed by atoms with Crippen molar-refractivity contribution in [2.75, 3.05) is 46.3 Å². The van der Waals surface area contributed by atoms with Crippen LogP contribution in [-0.2, 0) is 0 Å². The Morgan fingerprint density at radius 1 is 1.10 bits per heavy atom. The molecule has 1 N–H and O–H groups in total. The lowest BCUT2D eigenvalue weighted by atomic mass is 9.93. The Hall–Kier alpha value is -0.900. The van der Waals surface area contributed by atoms with Gasteiger partial charge in [-0.3, -0.25) is 0 Å². The molecular weight excluding hydrogens is 246 g/mol. The molecule has 2 rings (SSSR count). The second kappa shape index (κ2) is 7.77. The SMILES string of the molecule is CCNC(c1ccccc1)C(C)CN1CCN(C)CC1. The highest BCUT2D eigenvalue weighted by Crippen LogP contribution is 2.23. The average molecular weight is 275 g/mol. The van der Waals surface area contributed by atoms with Gasteiger partial charge in [0.2, 0.25) is 0 Å². The van der Waals surface area contributed by atoms with Crippen molar-refractivity contribution in [1.29, 1.82) is 0 Å². The smallest absolute Gasteiger partial charge is 0.0358 e. The summed E-state index contributed by atoms with van der Waals surface area (Å²) in [7, 11) is 2.21. The van der Waals surface area contributed by atoms with Crippen molar-refractivity contribution in [1.82, 2.24) is 15.1 Å². The molecule has 0 amide bonds. The Labute approximate surface area is 124 Å². The Balaban J connectivity index is 1.95. The van der Waals surface area contributed by atoms with Gasteiger partial charge in [0.1, 0.15) is 0 Å². The second-order valence-electron chi connectivity index (χ2n) is 6.03. The van der Waals surface area contributed by atoms with Crippen LogP contribution in [0.3, 0.4) is 0 Å². The highest BCUT2D eigenvalue weighted by atomic mass is 15.2. The lowest BCUT2D eigenvalue weighted by molar-refractivity contribution is 0.130. The van der Waals surface area contributed by atoms with Crippen molar-refractivity contribution in [2.24, 2.45) is 5.92 Å². The summed E-state index contributed by atoms with van der Waals surface area (Å²) in [5.74, 6) is 0.626. The fraction of sp³-hybridized carbons (Fsp3) is 0.647. The number of likely N-dealkylation sites (N-methyl/N-ethyl adjacent to an activating group) is 1. The van der Waals surface area contributed by atoms with E-state index in [0.29, 0.717) is 12.0 Å². The molecule has 0 bridgehead atoms. The summed E-state index contributed by atoms with van der Waals surface area (Å²) in [5, 5.41) is 3.66. The fourth-order valence-corrected chi connectivity index (χ4v) is 3.07. The van der Waals surface area contributed by atoms with Crippen LogP contribution in [0.4, 0.5) is 0 Å². The van der Waals surface area contributed by atoms with Gasteiger partial charge in [0, 0.05) is 38.8 Å². The van der Waals surface area contributed by atoms with Gasteiger partial charge in [0.05, 0.1) is 0 Å². The summed E-state index contributed by atoms with van der Waals surface area (Å²) in [6.45, 7) is 11.6. The van der Waals surface area contributed by atoms with E-state index in [1.165, 1.54) is 38.3 Å². The zero-order valence-corrected chi connectivity index (χ0v) is 13.2. The topological polar surface area (TPSA) is 18.5 Å². The molecule has 0 aromatic heterocycles. The largest absolute Gasteiger partial charge is 0.310 e. The van der Waals surface area contributed by atoms with Gasteiger partial charge in [0.25, 0.3) is 0 Å². The fourth-order valence-electron chi connectivity index (χ4n) is 3.07. The van der Waals surface area contributed by atoms with E-state index in [0.717, 1.165) is 6.54 Å². The minimum absolute atomic E-state index is 0.459. The van der Waals surface area contributed by atoms with Crippen LogP contribution in [0.5, 0.6) is 0 Å². The van der Waals surface area contributed by atoms with Crippen molar-refractivity contribution in [3.8, 4) is 0 Å². The summed E-state index contributed by atoms with van der Waals surface area (Å²) < 4.78 is 0. The Kier molecular flexibility index (Phi) is 6.02. The Bertz CT molecular complexity index is 371. The molecule has 3 nitrogen and oxygen atoms in total. The molecule has 1 aliphatic heterocycles. The zero-order valence-electron chi connectivity index (χ0n) is 13.2. The minimum atomic E-state index is 0.459. The van der Waals surface area contributed by atoms with Gasteiger partial charge in [-0.05, 0) is 25.1 Å². The van der Waals surface area contributed by atoms with Crippen LogP contribution in [0.1, 0.15) is 25.5 Å². The average Bonchev–Trinajstić information content (AvgIpc) is 2.48. The quantitative estimate of drug-likeness (QED) is 0.859. The summed E-state index contributed by atoms with van der Waals surface area (Å²) >= 11 is 0. The maximum atomic E-state index is 3.66. The van der Waals surface area contributed by atoms with Gasteiger partial charge in [0.15, 0.2) is 0 Å². The van der Waals surface area contributed by atoms with Crippen LogP contribution in [0.15, 0.2) is 30.3 Å². The first kappa shape index (κ1) is 15.5. The molecule has 20 heavy (non-hydrogen) atoms. The minimum Gasteiger partial charge on any atom is -0.310 e. The summed E-state index contributed by atoms with van der Waals surface area (Å²) in [4.78, 5) is 5.03. The first-order chi connectivity index (χ1) is 9.70. The number of nitrogens with one attached hydrogen (secondary N) is 1. The molecule has 1 aromatic carbocycles. The predicted molar refractivity (Wildman–Crippen MR) is 86.0 cm³/mol. The van der Waals surface area contributed by atoms with Crippen molar-refractivity contribution >= 4 is 0 Å². The number of nitrogens with zero attached hydrogens (tertiary/aromatic N) is 2. The summed E-state index contributed by atoms with van der Waals surface area (Å²) in [5.41, 5.74) is 1.41. The van der Waals surface area contributed by atoms with Crippen molar-refractivity contribution in [3.05, 3.63) is 35.9 Å². The summed E-state index contributed by atoms with van der Waals surface area (Å²) in [6.07, 6.45) is 0. The highest BCUT2D eigenvalue weighted by molar-refractivity contribution is 5.19. The molecule has 1 fully saturated rings. The van der Waals surface area contributed by atoms with Crippen molar-refractivity contribution in [3.63, 3.8) is 0 Å². The van der Waals surface area contributed by atoms with E-state index in [1.807, 2.05) is 0 Å². The Morgan fingerprint density at radius 3 is 2.35 bits per heavy atom. The van der Waals surface area contributed by atoms with Gasteiger partial charge in [-0.25, -0.2) is 0 Å². The number of rotatable bonds is 6. The Morgan fingerprint density at radius 2 is 1.75 bits per heavy atom. The van der Waals surface area contributed by atoms with Gasteiger partial charge < -0.3 is 15.1 Å².